The van der Waals surface area contributed by atoms with Gasteiger partial charge in [-0.05, 0) is 55.0 Å². The maximum absolute atomic E-state index is 13.3. The number of benzene rings is 2. The Morgan fingerprint density at radius 1 is 1.27 bits per heavy atom. The molecule has 0 unspecified atom stereocenters. The van der Waals surface area contributed by atoms with Crippen LogP contribution in [-0.4, -0.2) is 83.1 Å². The van der Waals surface area contributed by atoms with Crippen LogP contribution in [0.4, 0.5) is 4.39 Å². The Labute approximate surface area is 238 Å². The Kier molecular flexibility index (Phi) is 6.92. The van der Waals surface area contributed by atoms with Crippen molar-refractivity contribution in [3.63, 3.8) is 0 Å². The number of morpholine rings is 1. The van der Waals surface area contributed by atoms with Gasteiger partial charge in [0, 0.05) is 44.2 Å². The van der Waals surface area contributed by atoms with Gasteiger partial charge < -0.3 is 34.6 Å². The number of halogens is 1. The highest BCUT2D eigenvalue weighted by Crippen LogP contribution is 2.39. The SMILES string of the molecule is Cn1c(-c2cc3cccc(OC[C@@H]4COCCN4)c3n2CC2CC2)nc2cc3c(cc21)CCN(C[C@H](N)CF)C3=O. The molecule has 2 atom stereocenters. The second-order valence-electron chi connectivity index (χ2n) is 11.7. The maximum atomic E-state index is 13.3. The third-order valence-corrected chi connectivity index (χ3v) is 8.62. The first-order chi connectivity index (χ1) is 20.0. The summed E-state index contributed by atoms with van der Waals surface area (Å²) in [6.07, 6.45) is 3.16. The van der Waals surface area contributed by atoms with Crippen LogP contribution in [0.3, 0.4) is 0 Å². The van der Waals surface area contributed by atoms with Gasteiger partial charge in [-0.25, -0.2) is 9.37 Å². The lowest BCUT2D eigenvalue weighted by Gasteiger charge is -2.30. The van der Waals surface area contributed by atoms with E-state index in [-0.39, 0.29) is 18.5 Å². The normalized spacial score (nSPS) is 20.1. The molecule has 10 heteroatoms. The van der Waals surface area contributed by atoms with Gasteiger partial charge in [0.2, 0.25) is 0 Å². The zero-order valence-electron chi connectivity index (χ0n) is 23.4. The Bertz CT molecular complexity index is 1600. The van der Waals surface area contributed by atoms with E-state index in [2.05, 4.69) is 32.7 Å². The van der Waals surface area contributed by atoms with Crippen LogP contribution in [0.5, 0.6) is 5.75 Å². The van der Waals surface area contributed by atoms with Gasteiger partial charge in [0.25, 0.3) is 5.91 Å². The second-order valence-corrected chi connectivity index (χ2v) is 11.7. The van der Waals surface area contributed by atoms with Gasteiger partial charge in [-0.2, -0.15) is 0 Å². The molecule has 1 saturated heterocycles. The molecule has 1 aliphatic carbocycles. The quantitative estimate of drug-likeness (QED) is 0.326. The number of nitrogens with two attached hydrogens (primary N) is 1. The third kappa shape index (κ3) is 4.98. The molecule has 0 spiro atoms. The number of ether oxygens (including phenoxy) is 2. The summed E-state index contributed by atoms with van der Waals surface area (Å²) in [5, 5.41) is 4.59. The smallest absolute Gasteiger partial charge is 0.254 e. The van der Waals surface area contributed by atoms with E-state index in [1.54, 1.807) is 4.90 Å². The van der Waals surface area contributed by atoms with Crippen molar-refractivity contribution in [2.75, 3.05) is 46.1 Å². The zero-order chi connectivity index (χ0) is 28.1. The number of hydrogen-bond acceptors (Lipinski definition) is 6. The molecule has 1 saturated carbocycles. The number of aryl methyl sites for hydroxylation is 1. The van der Waals surface area contributed by atoms with Crippen LogP contribution >= 0.6 is 0 Å². The Balaban J connectivity index is 1.27. The molecule has 2 aromatic carbocycles. The summed E-state index contributed by atoms with van der Waals surface area (Å²) in [5.41, 5.74) is 11.3. The fraction of sp³-hybridized carbons (Fsp3) is 0.484. The minimum Gasteiger partial charge on any atom is -0.490 e. The molecule has 41 heavy (non-hydrogen) atoms. The van der Waals surface area contributed by atoms with Crippen molar-refractivity contribution in [1.29, 1.82) is 0 Å². The van der Waals surface area contributed by atoms with Gasteiger partial charge in [-0.1, -0.05) is 12.1 Å². The fourth-order valence-electron chi connectivity index (χ4n) is 6.21. The highest BCUT2D eigenvalue weighted by molar-refractivity contribution is 6.01. The van der Waals surface area contributed by atoms with E-state index < -0.39 is 12.7 Å². The van der Waals surface area contributed by atoms with Crippen LogP contribution < -0.4 is 15.8 Å². The van der Waals surface area contributed by atoms with Crippen molar-refractivity contribution >= 4 is 27.8 Å². The average Bonchev–Trinajstić information content (AvgIpc) is 3.67. The number of fused-ring (bicyclic) bond motifs is 3. The number of aromatic nitrogens is 3. The summed E-state index contributed by atoms with van der Waals surface area (Å²) in [4.78, 5) is 20.0. The number of nitrogens with zero attached hydrogens (tertiary/aromatic N) is 4. The first kappa shape index (κ1) is 26.4. The molecular weight excluding hydrogens is 523 g/mol. The van der Waals surface area contributed by atoms with Gasteiger partial charge in [0.05, 0.1) is 47.5 Å². The predicted octanol–water partition coefficient (Wildman–Crippen LogP) is 3.27. The summed E-state index contributed by atoms with van der Waals surface area (Å²) in [6, 6.07) is 11.9. The molecular formula is C31H37FN6O3. The summed E-state index contributed by atoms with van der Waals surface area (Å²) in [5.74, 6) is 2.27. The average molecular weight is 561 g/mol. The predicted molar refractivity (Wildman–Crippen MR) is 156 cm³/mol. The van der Waals surface area contributed by atoms with Gasteiger partial charge >= 0.3 is 0 Å². The van der Waals surface area contributed by atoms with Crippen LogP contribution in [0.1, 0.15) is 28.8 Å². The number of imidazole rings is 1. The number of carbonyl (C=O) groups excluding carboxylic acids is 1. The summed E-state index contributed by atoms with van der Waals surface area (Å²) < 4.78 is 29.6. The van der Waals surface area contributed by atoms with Gasteiger partial charge in [0.1, 0.15) is 19.0 Å². The van der Waals surface area contributed by atoms with Crippen LogP contribution in [0, 0.1) is 5.92 Å². The number of carbonyl (C=O) groups is 1. The van der Waals surface area contributed by atoms with Crippen LogP contribution in [0.2, 0.25) is 0 Å². The number of nitrogens with one attached hydrogen (secondary N) is 1. The van der Waals surface area contributed by atoms with Crippen molar-refractivity contribution in [3.8, 4) is 17.3 Å². The molecule has 4 aromatic rings. The van der Waals surface area contributed by atoms with Crippen molar-refractivity contribution in [2.45, 2.75) is 37.9 Å². The molecule has 2 fully saturated rings. The van der Waals surface area contributed by atoms with E-state index in [9.17, 15) is 9.18 Å². The van der Waals surface area contributed by atoms with Crippen molar-refractivity contribution in [1.82, 2.24) is 24.3 Å². The first-order valence-electron chi connectivity index (χ1n) is 14.7. The van der Waals surface area contributed by atoms with Crippen molar-refractivity contribution in [2.24, 2.45) is 18.7 Å². The number of para-hydroxylation sites is 1. The minimum atomic E-state index is -0.666. The molecule has 0 bridgehead atoms. The number of alkyl halides is 1. The lowest BCUT2D eigenvalue weighted by atomic mass is 9.97. The Hall–Kier alpha value is -3.47. The van der Waals surface area contributed by atoms with E-state index in [0.29, 0.717) is 37.7 Å². The minimum absolute atomic E-state index is 0.105. The Morgan fingerprint density at radius 2 is 2.15 bits per heavy atom. The molecule has 9 nitrogen and oxygen atoms in total. The summed E-state index contributed by atoms with van der Waals surface area (Å²) in [7, 11) is 2.04. The molecule has 2 aromatic heterocycles. The number of rotatable bonds is 9. The third-order valence-electron chi connectivity index (χ3n) is 8.62. The highest BCUT2D eigenvalue weighted by atomic mass is 19.1. The Morgan fingerprint density at radius 3 is 2.93 bits per heavy atom. The fourth-order valence-corrected chi connectivity index (χ4v) is 6.21. The van der Waals surface area contributed by atoms with Crippen LogP contribution in [-0.2, 0) is 24.8 Å². The summed E-state index contributed by atoms with van der Waals surface area (Å²) in [6.45, 7) is 3.79. The molecule has 0 radical (unpaired) electrons. The first-order valence-corrected chi connectivity index (χ1v) is 14.7. The van der Waals surface area contributed by atoms with E-state index in [4.69, 9.17) is 20.2 Å². The van der Waals surface area contributed by atoms with Crippen LogP contribution in [0.25, 0.3) is 33.5 Å². The maximum Gasteiger partial charge on any atom is 0.254 e. The second kappa shape index (κ2) is 10.7. The molecule has 2 aliphatic heterocycles. The largest absolute Gasteiger partial charge is 0.490 e. The monoisotopic (exact) mass is 560 g/mol. The molecule has 3 aliphatic rings. The van der Waals surface area contributed by atoms with Crippen molar-refractivity contribution in [3.05, 3.63) is 47.5 Å². The number of hydrogen-bond donors (Lipinski definition) is 2. The van der Waals surface area contributed by atoms with Gasteiger partial charge in [-0.15, -0.1) is 0 Å². The lowest BCUT2D eigenvalue weighted by Crippen LogP contribution is -2.45. The zero-order valence-corrected chi connectivity index (χ0v) is 23.4. The molecule has 4 heterocycles. The molecule has 3 N–H and O–H groups in total. The van der Waals surface area contributed by atoms with E-state index in [1.807, 2.05) is 25.2 Å². The molecule has 216 valence electrons. The summed E-state index contributed by atoms with van der Waals surface area (Å²) >= 11 is 0. The molecule has 7 rings (SSSR count). The lowest BCUT2D eigenvalue weighted by molar-refractivity contribution is 0.0594. The van der Waals surface area contributed by atoms with E-state index in [1.165, 1.54) is 12.8 Å². The highest BCUT2D eigenvalue weighted by Gasteiger charge is 2.29. The molecule has 1 amide bonds. The van der Waals surface area contributed by atoms with E-state index >= 15 is 0 Å². The van der Waals surface area contributed by atoms with E-state index in [0.717, 1.165) is 64.5 Å². The van der Waals surface area contributed by atoms with Gasteiger partial charge in [0.15, 0.2) is 5.82 Å². The van der Waals surface area contributed by atoms with Crippen LogP contribution in [0.15, 0.2) is 36.4 Å². The number of amides is 1. The van der Waals surface area contributed by atoms with Crippen molar-refractivity contribution < 1.29 is 18.7 Å². The standard InChI is InChI=1S/C31H37FN6O3/c1-36-26-11-20-7-9-37(16-22(33)14-32)31(39)24(20)13-25(26)35-30(36)27-12-21-3-2-4-28(29(21)38(27)15-19-5-6-19)41-18-23-17-40-10-8-34-23/h2-4,11-13,19,22-23,34H,5-10,14-18,33H2,1H3/t22-,23+/m1/s1. The topological polar surface area (TPSA) is 99.6 Å². The van der Waals surface area contributed by atoms with Gasteiger partial charge in [-0.3, -0.25) is 4.79 Å².